The quantitative estimate of drug-likeness (QED) is 0.751. The minimum absolute atomic E-state index is 0.0593. The first-order valence-electron chi connectivity index (χ1n) is 8.03. The van der Waals surface area contributed by atoms with Crippen molar-refractivity contribution in [2.24, 2.45) is 0 Å². The van der Waals surface area contributed by atoms with Gasteiger partial charge in [-0.3, -0.25) is 9.59 Å². The summed E-state index contributed by atoms with van der Waals surface area (Å²) in [5.41, 5.74) is 0.980. The van der Waals surface area contributed by atoms with Gasteiger partial charge in [-0.25, -0.2) is 4.98 Å². The first-order chi connectivity index (χ1) is 12.5. The third-order valence-corrected chi connectivity index (χ3v) is 4.92. The molecule has 1 aliphatic rings. The molecule has 2 amide bonds. The van der Waals surface area contributed by atoms with Crippen LogP contribution in [0.1, 0.15) is 20.7 Å². The molecule has 2 heterocycles. The average Bonchev–Trinajstić information content (AvgIpc) is 2.69. The second-order valence-corrected chi connectivity index (χ2v) is 6.57. The van der Waals surface area contributed by atoms with E-state index in [0.717, 1.165) is 0 Å². The molecule has 1 saturated heterocycles. The lowest BCUT2D eigenvalue weighted by Crippen LogP contribution is -2.50. The molecule has 0 atom stereocenters. The molecule has 1 fully saturated rings. The summed E-state index contributed by atoms with van der Waals surface area (Å²) in [6.07, 6.45) is 1.41. The highest BCUT2D eigenvalue weighted by molar-refractivity contribution is 6.41. The first-order valence-corrected chi connectivity index (χ1v) is 8.79. The predicted molar refractivity (Wildman–Crippen MR) is 99.1 cm³/mol. The Kier molecular flexibility index (Phi) is 5.64. The van der Waals surface area contributed by atoms with Gasteiger partial charge in [-0.2, -0.15) is 0 Å². The minimum atomic E-state index is -0.174. The number of ether oxygens (including phenoxy) is 1. The predicted octanol–water partition coefficient (Wildman–Crippen LogP) is 3.00. The molecule has 0 unspecified atom stereocenters. The highest BCUT2D eigenvalue weighted by atomic mass is 35.5. The largest absolute Gasteiger partial charge is 0.497 e. The van der Waals surface area contributed by atoms with E-state index < -0.39 is 0 Å². The molecular formula is C18H17Cl2N3O3. The van der Waals surface area contributed by atoms with E-state index in [1.54, 1.807) is 41.2 Å². The lowest BCUT2D eigenvalue weighted by atomic mass is 10.1. The lowest BCUT2D eigenvalue weighted by molar-refractivity contribution is 0.0535. The molecule has 0 saturated carbocycles. The Hall–Kier alpha value is -2.31. The van der Waals surface area contributed by atoms with Gasteiger partial charge in [0.1, 0.15) is 10.9 Å². The Morgan fingerprint density at radius 1 is 0.962 bits per heavy atom. The molecule has 0 radical (unpaired) electrons. The number of hydrogen-bond acceptors (Lipinski definition) is 4. The van der Waals surface area contributed by atoms with Crippen LogP contribution in [0, 0.1) is 0 Å². The van der Waals surface area contributed by atoms with E-state index >= 15 is 0 Å². The van der Waals surface area contributed by atoms with Crippen LogP contribution < -0.4 is 4.74 Å². The second kappa shape index (κ2) is 7.93. The molecule has 0 bridgehead atoms. The van der Waals surface area contributed by atoms with Crippen LogP contribution in [0.3, 0.4) is 0 Å². The van der Waals surface area contributed by atoms with Gasteiger partial charge in [0.05, 0.1) is 17.7 Å². The molecular weight excluding hydrogens is 377 g/mol. The molecule has 8 heteroatoms. The van der Waals surface area contributed by atoms with Gasteiger partial charge < -0.3 is 14.5 Å². The smallest absolute Gasteiger partial charge is 0.255 e. The number of rotatable bonds is 3. The first kappa shape index (κ1) is 18.5. The number of nitrogens with zero attached hydrogens (tertiary/aromatic N) is 3. The van der Waals surface area contributed by atoms with E-state index in [2.05, 4.69) is 4.98 Å². The van der Waals surface area contributed by atoms with Gasteiger partial charge in [-0.1, -0.05) is 23.2 Å². The number of pyridine rings is 1. The Morgan fingerprint density at radius 3 is 2.00 bits per heavy atom. The summed E-state index contributed by atoms with van der Waals surface area (Å²) in [6.45, 7) is 1.82. The maximum Gasteiger partial charge on any atom is 0.255 e. The van der Waals surface area contributed by atoms with Crippen molar-refractivity contribution in [1.29, 1.82) is 0 Å². The number of aromatic nitrogens is 1. The zero-order chi connectivity index (χ0) is 18.7. The van der Waals surface area contributed by atoms with Crippen molar-refractivity contribution in [1.82, 2.24) is 14.8 Å². The molecule has 0 N–H and O–H groups in total. The zero-order valence-electron chi connectivity index (χ0n) is 14.1. The van der Waals surface area contributed by atoms with Gasteiger partial charge >= 0.3 is 0 Å². The molecule has 0 spiro atoms. The van der Waals surface area contributed by atoms with Crippen molar-refractivity contribution < 1.29 is 14.3 Å². The summed E-state index contributed by atoms with van der Waals surface area (Å²) in [6, 6.07) is 8.49. The van der Waals surface area contributed by atoms with Crippen LogP contribution in [0.5, 0.6) is 5.75 Å². The van der Waals surface area contributed by atoms with Crippen molar-refractivity contribution in [3.05, 3.63) is 57.8 Å². The zero-order valence-corrected chi connectivity index (χ0v) is 15.6. The molecule has 1 aromatic carbocycles. The van der Waals surface area contributed by atoms with E-state index in [4.69, 9.17) is 27.9 Å². The maximum atomic E-state index is 12.6. The molecule has 3 rings (SSSR count). The minimum Gasteiger partial charge on any atom is -0.497 e. The Labute approximate surface area is 161 Å². The second-order valence-electron chi connectivity index (χ2n) is 5.81. The molecule has 1 aromatic heterocycles. The Bertz CT molecular complexity index is 819. The van der Waals surface area contributed by atoms with Gasteiger partial charge in [0.15, 0.2) is 0 Å². The van der Waals surface area contributed by atoms with Crippen molar-refractivity contribution in [2.75, 3.05) is 33.3 Å². The lowest BCUT2D eigenvalue weighted by Gasteiger charge is -2.34. The standard InChI is InChI=1S/C18H17Cl2N3O3/c1-26-14-4-2-12(3-5-14)17(24)22-6-8-23(9-7-22)18(25)13-10-15(19)16(20)21-11-13/h2-5,10-11H,6-9H2,1H3. The summed E-state index contributed by atoms with van der Waals surface area (Å²) in [4.78, 5) is 32.4. The summed E-state index contributed by atoms with van der Waals surface area (Å²) in [7, 11) is 1.58. The number of benzene rings is 1. The molecule has 2 aromatic rings. The van der Waals surface area contributed by atoms with E-state index in [9.17, 15) is 9.59 Å². The number of halogens is 2. The monoisotopic (exact) mass is 393 g/mol. The van der Waals surface area contributed by atoms with Crippen molar-refractivity contribution >= 4 is 35.0 Å². The van der Waals surface area contributed by atoms with Crippen LogP contribution in [-0.2, 0) is 0 Å². The maximum absolute atomic E-state index is 12.6. The fraction of sp³-hybridized carbons (Fsp3) is 0.278. The van der Waals surface area contributed by atoms with Gasteiger partial charge in [-0.05, 0) is 30.3 Å². The van der Waals surface area contributed by atoms with Gasteiger partial charge in [0.25, 0.3) is 11.8 Å². The number of carbonyl (C=O) groups excluding carboxylic acids is 2. The third-order valence-electron chi connectivity index (χ3n) is 4.23. The molecule has 6 nitrogen and oxygen atoms in total. The highest BCUT2D eigenvalue weighted by Crippen LogP contribution is 2.21. The molecule has 0 aliphatic carbocycles. The highest BCUT2D eigenvalue weighted by Gasteiger charge is 2.26. The van der Waals surface area contributed by atoms with Crippen LogP contribution in [0.15, 0.2) is 36.5 Å². The average molecular weight is 394 g/mol. The summed E-state index contributed by atoms with van der Waals surface area (Å²) in [5, 5.41) is 0.406. The van der Waals surface area contributed by atoms with Crippen molar-refractivity contribution in [2.45, 2.75) is 0 Å². The SMILES string of the molecule is COc1ccc(C(=O)N2CCN(C(=O)c3cnc(Cl)c(Cl)c3)CC2)cc1. The van der Waals surface area contributed by atoms with Gasteiger partial charge in [-0.15, -0.1) is 0 Å². The van der Waals surface area contributed by atoms with Crippen LogP contribution in [0.4, 0.5) is 0 Å². The van der Waals surface area contributed by atoms with Crippen LogP contribution in [-0.4, -0.2) is 59.9 Å². The number of hydrogen-bond donors (Lipinski definition) is 0. The Morgan fingerprint density at radius 2 is 1.50 bits per heavy atom. The number of amides is 2. The van der Waals surface area contributed by atoms with E-state index in [0.29, 0.717) is 43.1 Å². The normalized spacial score (nSPS) is 14.3. The summed E-state index contributed by atoms with van der Waals surface area (Å²) >= 11 is 11.7. The molecule has 26 heavy (non-hydrogen) atoms. The number of piperazine rings is 1. The third kappa shape index (κ3) is 3.92. The molecule has 136 valence electrons. The van der Waals surface area contributed by atoms with E-state index in [1.807, 2.05) is 0 Å². The van der Waals surface area contributed by atoms with Gasteiger partial charge in [0.2, 0.25) is 0 Å². The number of methoxy groups -OCH3 is 1. The number of carbonyl (C=O) groups is 2. The van der Waals surface area contributed by atoms with Gasteiger partial charge in [0, 0.05) is 37.9 Å². The fourth-order valence-electron chi connectivity index (χ4n) is 2.75. The van der Waals surface area contributed by atoms with Crippen LogP contribution >= 0.6 is 23.2 Å². The topological polar surface area (TPSA) is 62.7 Å². The fourth-order valence-corrected chi connectivity index (χ4v) is 3.02. The van der Waals surface area contributed by atoms with E-state index in [-0.39, 0.29) is 22.0 Å². The van der Waals surface area contributed by atoms with Crippen molar-refractivity contribution in [3.8, 4) is 5.75 Å². The summed E-state index contributed by atoms with van der Waals surface area (Å²) in [5.74, 6) is 0.468. The van der Waals surface area contributed by atoms with Crippen molar-refractivity contribution in [3.63, 3.8) is 0 Å². The Balaban J connectivity index is 1.61. The summed E-state index contributed by atoms with van der Waals surface area (Å²) < 4.78 is 5.10. The van der Waals surface area contributed by atoms with Crippen LogP contribution in [0.2, 0.25) is 10.2 Å². The van der Waals surface area contributed by atoms with E-state index in [1.165, 1.54) is 12.3 Å². The molecule has 1 aliphatic heterocycles. The van der Waals surface area contributed by atoms with Crippen LogP contribution in [0.25, 0.3) is 0 Å².